The minimum atomic E-state index is -0.435. The van der Waals surface area contributed by atoms with Crippen LogP contribution in [0.3, 0.4) is 0 Å². The molecule has 0 saturated carbocycles. The molecule has 0 saturated heterocycles. The Labute approximate surface area is 135 Å². The van der Waals surface area contributed by atoms with Crippen molar-refractivity contribution in [3.05, 3.63) is 46.5 Å². The van der Waals surface area contributed by atoms with Crippen LogP contribution in [-0.4, -0.2) is 36.2 Å². The number of amides is 1. The number of benzene rings is 1. The van der Waals surface area contributed by atoms with E-state index < -0.39 is 11.5 Å². The average molecular weight is 326 g/mol. The molecule has 3 aromatic rings. The third-order valence-electron chi connectivity index (χ3n) is 3.47. The lowest BCUT2D eigenvalue weighted by Gasteiger charge is -2.07. The first-order chi connectivity index (χ1) is 11.5. The number of nitrogens with zero attached hydrogens (tertiary/aromatic N) is 5. The molecule has 2 aromatic heterocycles. The summed E-state index contributed by atoms with van der Waals surface area (Å²) < 4.78 is 2.55. The van der Waals surface area contributed by atoms with Crippen molar-refractivity contribution in [2.24, 2.45) is 7.05 Å². The maximum atomic E-state index is 12.2. The van der Waals surface area contributed by atoms with Crippen LogP contribution in [0, 0.1) is 0 Å². The van der Waals surface area contributed by atoms with E-state index >= 15 is 0 Å². The number of aryl methyl sites for hydroxylation is 1. The Bertz CT molecular complexity index is 987. The molecule has 0 aliphatic carbocycles. The van der Waals surface area contributed by atoms with E-state index in [1.54, 1.807) is 31.3 Å². The number of nitrogens with one attached hydrogen (secondary N) is 1. The fourth-order valence-corrected chi connectivity index (χ4v) is 2.20. The number of carbonyl (C=O) groups excluding carboxylic acids is 2. The fraction of sp³-hybridized carbons (Fsp3) is 0.200. The molecule has 9 heteroatoms. The van der Waals surface area contributed by atoms with Crippen molar-refractivity contribution in [2.45, 2.75) is 13.5 Å². The molecule has 0 aliphatic heterocycles. The summed E-state index contributed by atoms with van der Waals surface area (Å²) in [5.41, 5.74) is 1.12. The van der Waals surface area contributed by atoms with Gasteiger partial charge in [-0.25, -0.2) is 9.67 Å². The summed E-state index contributed by atoms with van der Waals surface area (Å²) in [6.45, 7) is 1.27. The number of aromatic nitrogens is 5. The van der Waals surface area contributed by atoms with Gasteiger partial charge < -0.3 is 5.32 Å². The summed E-state index contributed by atoms with van der Waals surface area (Å²) in [5, 5.41) is 10.1. The molecule has 0 aliphatic rings. The molecule has 1 aromatic carbocycles. The normalized spacial score (nSPS) is 10.8. The van der Waals surface area contributed by atoms with Gasteiger partial charge in [-0.05, 0) is 31.2 Å². The Morgan fingerprint density at radius 1 is 1.21 bits per heavy atom. The number of Topliss-reactive ketones (excluding diaryl/α,β-unsaturated/α-hetero) is 1. The van der Waals surface area contributed by atoms with E-state index in [1.807, 2.05) is 0 Å². The molecule has 9 nitrogen and oxygen atoms in total. The highest BCUT2D eigenvalue weighted by Gasteiger charge is 2.12. The van der Waals surface area contributed by atoms with Crippen molar-refractivity contribution in [1.82, 2.24) is 24.5 Å². The van der Waals surface area contributed by atoms with Crippen LogP contribution in [0.15, 0.2) is 35.4 Å². The van der Waals surface area contributed by atoms with E-state index in [1.165, 1.54) is 17.9 Å². The third-order valence-corrected chi connectivity index (χ3v) is 3.47. The average Bonchev–Trinajstić information content (AvgIpc) is 2.92. The second-order valence-electron chi connectivity index (χ2n) is 5.24. The summed E-state index contributed by atoms with van der Waals surface area (Å²) >= 11 is 0. The predicted molar refractivity (Wildman–Crippen MR) is 85.6 cm³/mol. The maximum Gasteiger partial charge on any atom is 0.283 e. The lowest BCUT2D eigenvalue weighted by molar-refractivity contribution is -0.116. The van der Waals surface area contributed by atoms with Crippen LogP contribution in [0.2, 0.25) is 0 Å². The minimum absolute atomic E-state index is 0.0530. The van der Waals surface area contributed by atoms with Crippen molar-refractivity contribution in [1.29, 1.82) is 0 Å². The Morgan fingerprint density at radius 2 is 1.92 bits per heavy atom. The van der Waals surface area contributed by atoms with E-state index in [4.69, 9.17) is 0 Å². The summed E-state index contributed by atoms with van der Waals surface area (Å²) in [7, 11) is 1.63. The largest absolute Gasteiger partial charge is 0.325 e. The number of hydrogen-bond donors (Lipinski definition) is 1. The maximum absolute atomic E-state index is 12.2. The first-order valence-corrected chi connectivity index (χ1v) is 7.11. The molecule has 0 fully saturated rings. The molecule has 0 radical (unpaired) electrons. The zero-order valence-electron chi connectivity index (χ0n) is 13.1. The number of ketones is 1. The van der Waals surface area contributed by atoms with Crippen LogP contribution >= 0.6 is 0 Å². The summed E-state index contributed by atoms with van der Waals surface area (Å²) in [6.07, 6.45) is 1.28. The number of hydrogen-bond acceptors (Lipinski definition) is 6. The molecule has 0 unspecified atom stereocenters. The standard InChI is InChI=1S/C15H14N6O3/c1-9(22)10-3-5-11(6-4-10)17-12(23)7-21-8-16-14-13(15(21)24)18-19-20(14)2/h3-6,8H,7H2,1-2H3,(H,17,23). The Hall–Kier alpha value is -3.36. The quantitative estimate of drug-likeness (QED) is 0.693. The number of fused-ring (bicyclic) bond motifs is 1. The van der Waals surface area contributed by atoms with Gasteiger partial charge in [0.25, 0.3) is 5.56 Å². The molecule has 24 heavy (non-hydrogen) atoms. The Morgan fingerprint density at radius 3 is 2.58 bits per heavy atom. The highest BCUT2D eigenvalue weighted by atomic mass is 16.2. The second-order valence-corrected chi connectivity index (χ2v) is 5.24. The molecule has 1 N–H and O–H groups in total. The highest BCUT2D eigenvalue weighted by molar-refractivity contribution is 5.95. The molecular formula is C15H14N6O3. The molecule has 3 rings (SSSR count). The van der Waals surface area contributed by atoms with Crippen molar-refractivity contribution in [3.63, 3.8) is 0 Å². The van der Waals surface area contributed by atoms with E-state index in [2.05, 4.69) is 20.6 Å². The van der Waals surface area contributed by atoms with E-state index in [-0.39, 0.29) is 17.8 Å². The van der Waals surface area contributed by atoms with Crippen LogP contribution in [0.25, 0.3) is 11.2 Å². The smallest absolute Gasteiger partial charge is 0.283 e. The van der Waals surface area contributed by atoms with Crippen molar-refractivity contribution >= 4 is 28.5 Å². The zero-order valence-corrected chi connectivity index (χ0v) is 13.1. The van der Waals surface area contributed by atoms with Gasteiger partial charge in [0.15, 0.2) is 16.9 Å². The number of rotatable bonds is 4. The lowest BCUT2D eigenvalue weighted by atomic mass is 10.1. The third kappa shape index (κ3) is 2.91. The van der Waals surface area contributed by atoms with E-state index in [9.17, 15) is 14.4 Å². The van der Waals surface area contributed by atoms with Gasteiger partial charge in [0.2, 0.25) is 5.91 Å². The van der Waals surface area contributed by atoms with Gasteiger partial charge in [-0.2, -0.15) is 0 Å². The van der Waals surface area contributed by atoms with Crippen LogP contribution < -0.4 is 10.9 Å². The van der Waals surface area contributed by atoms with Crippen molar-refractivity contribution < 1.29 is 9.59 Å². The zero-order chi connectivity index (χ0) is 17.3. The van der Waals surface area contributed by atoms with Crippen LogP contribution in [-0.2, 0) is 18.4 Å². The van der Waals surface area contributed by atoms with Gasteiger partial charge >= 0.3 is 0 Å². The van der Waals surface area contributed by atoms with Crippen molar-refractivity contribution in [3.8, 4) is 0 Å². The SMILES string of the molecule is CC(=O)c1ccc(NC(=O)Cn2cnc3c(nnn3C)c2=O)cc1. The Kier molecular flexibility index (Phi) is 3.90. The first kappa shape index (κ1) is 15.5. The molecule has 0 spiro atoms. The first-order valence-electron chi connectivity index (χ1n) is 7.11. The van der Waals surface area contributed by atoms with Gasteiger partial charge in [-0.15, -0.1) is 5.10 Å². The molecule has 122 valence electrons. The highest BCUT2D eigenvalue weighted by Crippen LogP contribution is 2.10. The van der Waals surface area contributed by atoms with Gasteiger partial charge in [0.1, 0.15) is 12.9 Å². The summed E-state index contributed by atoms with van der Waals surface area (Å²) in [5.74, 6) is -0.444. The summed E-state index contributed by atoms with van der Waals surface area (Å²) in [4.78, 5) is 39.6. The lowest BCUT2D eigenvalue weighted by Crippen LogP contribution is -2.28. The molecular weight excluding hydrogens is 312 g/mol. The predicted octanol–water partition coefficient (Wildman–Crippen LogP) is 0.366. The van der Waals surface area contributed by atoms with Crippen LogP contribution in [0.4, 0.5) is 5.69 Å². The Balaban J connectivity index is 1.76. The molecule has 1 amide bonds. The number of carbonyl (C=O) groups is 2. The molecule has 2 heterocycles. The van der Waals surface area contributed by atoms with Gasteiger partial charge in [0, 0.05) is 18.3 Å². The molecule has 0 bridgehead atoms. The van der Waals surface area contributed by atoms with Gasteiger partial charge in [-0.1, -0.05) is 5.21 Å². The fourth-order valence-electron chi connectivity index (χ4n) is 2.20. The van der Waals surface area contributed by atoms with Crippen LogP contribution in [0.5, 0.6) is 0 Å². The molecule has 0 atom stereocenters. The van der Waals surface area contributed by atoms with E-state index in [0.717, 1.165) is 4.57 Å². The van der Waals surface area contributed by atoms with Gasteiger partial charge in [-0.3, -0.25) is 19.0 Å². The summed E-state index contributed by atoms with van der Waals surface area (Å²) in [6, 6.07) is 6.50. The monoisotopic (exact) mass is 326 g/mol. The van der Waals surface area contributed by atoms with Gasteiger partial charge in [0.05, 0.1) is 0 Å². The van der Waals surface area contributed by atoms with Crippen LogP contribution in [0.1, 0.15) is 17.3 Å². The van der Waals surface area contributed by atoms with E-state index in [0.29, 0.717) is 16.9 Å². The minimum Gasteiger partial charge on any atom is -0.325 e. The number of anilines is 1. The second kappa shape index (κ2) is 6.03. The topological polar surface area (TPSA) is 112 Å². The van der Waals surface area contributed by atoms with Crippen molar-refractivity contribution in [2.75, 3.05) is 5.32 Å².